The zero-order valence-corrected chi connectivity index (χ0v) is 16.6. The van der Waals surface area contributed by atoms with E-state index in [9.17, 15) is 4.79 Å². The Bertz CT molecular complexity index is 1080. The Balaban J connectivity index is 1.84. The number of para-hydroxylation sites is 1. The van der Waals surface area contributed by atoms with Crippen LogP contribution in [0.4, 0.5) is 0 Å². The summed E-state index contributed by atoms with van der Waals surface area (Å²) in [6, 6.07) is 7.59. The molecular formula is C19H25N5O2S. The smallest absolute Gasteiger partial charge is 0.262 e. The topological polar surface area (TPSA) is 56.7 Å². The van der Waals surface area contributed by atoms with Crippen molar-refractivity contribution in [2.45, 2.75) is 32.5 Å². The van der Waals surface area contributed by atoms with Gasteiger partial charge in [0.2, 0.25) is 10.5 Å². The second-order valence-electron chi connectivity index (χ2n) is 7.36. The van der Waals surface area contributed by atoms with Crippen LogP contribution in [0.2, 0.25) is 0 Å². The summed E-state index contributed by atoms with van der Waals surface area (Å²) in [4.78, 5) is 15.3. The van der Waals surface area contributed by atoms with Crippen molar-refractivity contribution in [2.75, 3.05) is 27.3 Å². The standard InChI is InChI=1S/C19H25N5O2S/c1-21(12-14-8-9-14)13-23-19(27)24-16-7-4-3-6-15(16)17(25)22(18(24)20-23)10-5-11-26-2/h3-4,6-7,14H,5,8-13H2,1-2H3. The first-order valence-electron chi connectivity index (χ1n) is 9.38. The summed E-state index contributed by atoms with van der Waals surface area (Å²) in [6.45, 7) is 2.82. The lowest BCUT2D eigenvalue weighted by Crippen LogP contribution is -2.25. The Morgan fingerprint density at radius 3 is 2.85 bits per heavy atom. The van der Waals surface area contributed by atoms with Crippen molar-refractivity contribution in [3.8, 4) is 0 Å². The van der Waals surface area contributed by atoms with E-state index in [2.05, 4.69) is 11.9 Å². The van der Waals surface area contributed by atoms with E-state index in [0.717, 1.165) is 24.4 Å². The first kappa shape index (κ1) is 18.3. The van der Waals surface area contributed by atoms with Gasteiger partial charge in [0.1, 0.15) is 0 Å². The molecule has 1 aliphatic carbocycles. The number of aryl methyl sites for hydroxylation is 1. The molecule has 1 aromatic carbocycles. The second kappa shape index (κ2) is 7.53. The van der Waals surface area contributed by atoms with Gasteiger partial charge in [0, 0.05) is 26.8 Å². The van der Waals surface area contributed by atoms with Gasteiger partial charge in [-0.1, -0.05) is 12.1 Å². The highest BCUT2D eigenvalue weighted by atomic mass is 32.1. The highest BCUT2D eigenvalue weighted by Gasteiger charge is 2.23. The molecule has 3 aromatic rings. The summed E-state index contributed by atoms with van der Waals surface area (Å²) in [5, 5.41) is 5.38. The molecule has 0 N–H and O–H groups in total. The van der Waals surface area contributed by atoms with E-state index in [1.54, 1.807) is 11.7 Å². The van der Waals surface area contributed by atoms with Crippen LogP contribution in [-0.4, -0.2) is 51.0 Å². The number of ether oxygens (including phenoxy) is 1. The van der Waals surface area contributed by atoms with Crippen LogP contribution >= 0.6 is 12.2 Å². The van der Waals surface area contributed by atoms with Crippen molar-refractivity contribution in [1.82, 2.24) is 23.6 Å². The van der Waals surface area contributed by atoms with Gasteiger partial charge in [-0.05, 0) is 56.6 Å². The number of fused-ring (bicyclic) bond motifs is 3. The predicted octanol–water partition coefficient (Wildman–Crippen LogP) is 2.52. The number of aromatic nitrogens is 4. The van der Waals surface area contributed by atoms with E-state index in [1.807, 2.05) is 33.3 Å². The Labute approximate surface area is 162 Å². The number of hydrogen-bond donors (Lipinski definition) is 0. The van der Waals surface area contributed by atoms with Crippen LogP contribution in [0.3, 0.4) is 0 Å². The fourth-order valence-corrected chi connectivity index (χ4v) is 3.83. The summed E-state index contributed by atoms with van der Waals surface area (Å²) in [6.07, 6.45) is 3.36. The Morgan fingerprint density at radius 1 is 1.33 bits per heavy atom. The second-order valence-corrected chi connectivity index (χ2v) is 7.73. The first-order valence-corrected chi connectivity index (χ1v) is 9.79. The highest BCUT2D eigenvalue weighted by molar-refractivity contribution is 7.71. The maximum atomic E-state index is 13.0. The molecule has 0 amide bonds. The largest absolute Gasteiger partial charge is 0.385 e. The zero-order chi connectivity index (χ0) is 19.0. The monoisotopic (exact) mass is 387 g/mol. The summed E-state index contributed by atoms with van der Waals surface area (Å²) in [7, 11) is 3.76. The molecule has 0 atom stereocenters. The molecule has 27 heavy (non-hydrogen) atoms. The molecule has 1 aliphatic rings. The summed E-state index contributed by atoms with van der Waals surface area (Å²) < 4.78 is 11.2. The minimum absolute atomic E-state index is 0.0345. The quantitative estimate of drug-likeness (QED) is 0.439. The third kappa shape index (κ3) is 3.56. The molecule has 1 fully saturated rings. The van der Waals surface area contributed by atoms with E-state index < -0.39 is 0 Å². The minimum atomic E-state index is -0.0345. The Kier molecular flexibility index (Phi) is 5.12. The van der Waals surface area contributed by atoms with E-state index in [4.69, 9.17) is 22.1 Å². The van der Waals surface area contributed by atoms with E-state index in [0.29, 0.717) is 35.8 Å². The van der Waals surface area contributed by atoms with Crippen LogP contribution in [0.1, 0.15) is 19.3 Å². The van der Waals surface area contributed by atoms with Gasteiger partial charge < -0.3 is 4.74 Å². The highest BCUT2D eigenvalue weighted by Crippen LogP contribution is 2.29. The molecule has 7 nitrogen and oxygen atoms in total. The molecule has 1 saturated carbocycles. The Morgan fingerprint density at radius 2 is 2.11 bits per heavy atom. The fraction of sp³-hybridized carbons (Fsp3) is 0.526. The van der Waals surface area contributed by atoms with Crippen molar-refractivity contribution in [3.63, 3.8) is 0 Å². The molecule has 8 heteroatoms. The van der Waals surface area contributed by atoms with Gasteiger partial charge in [-0.3, -0.25) is 18.7 Å². The molecule has 0 radical (unpaired) electrons. The molecule has 144 valence electrons. The van der Waals surface area contributed by atoms with Gasteiger partial charge in [-0.15, -0.1) is 5.10 Å². The average Bonchev–Trinajstić information content (AvgIpc) is 3.41. The van der Waals surface area contributed by atoms with E-state index in [-0.39, 0.29) is 5.56 Å². The summed E-state index contributed by atoms with van der Waals surface area (Å²) in [5.74, 6) is 1.40. The third-order valence-electron chi connectivity index (χ3n) is 5.06. The van der Waals surface area contributed by atoms with Gasteiger partial charge in [0.15, 0.2) is 0 Å². The Hall–Kier alpha value is -2.03. The summed E-state index contributed by atoms with van der Waals surface area (Å²) in [5.41, 5.74) is 0.772. The number of rotatable bonds is 8. The van der Waals surface area contributed by atoms with Crippen LogP contribution in [-0.2, 0) is 18.0 Å². The summed E-state index contributed by atoms with van der Waals surface area (Å²) >= 11 is 5.74. The minimum Gasteiger partial charge on any atom is -0.385 e. The maximum absolute atomic E-state index is 13.0. The van der Waals surface area contributed by atoms with Gasteiger partial charge >= 0.3 is 0 Å². The van der Waals surface area contributed by atoms with Crippen LogP contribution in [0.15, 0.2) is 29.1 Å². The molecule has 0 saturated heterocycles. The number of methoxy groups -OCH3 is 1. The zero-order valence-electron chi connectivity index (χ0n) is 15.8. The van der Waals surface area contributed by atoms with Gasteiger partial charge in [-0.2, -0.15) is 0 Å². The van der Waals surface area contributed by atoms with Crippen molar-refractivity contribution < 1.29 is 4.74 Å². The van der Waals surface area contributed by atoms with Crippen molar-refractivity contribution in [2.24, 2.45) is 5.92 Å². The SMILES string of the molecule is COCCCn1c(=O)c2ccccc2n2c(=S)n(CN(C)CC3CC3)nc12. The van der Waals surface area contributed by atoms with E-state index >= 15 is 0 Å². The molecule has 0 spiro atoms. The fourth-order valence-electron chi connectivity index (χ4n) is 3.56. The number of nitrogens with zero attached hydrogens (tertiary/aromatic N) is 5. The molecule has 0 bridgehead atoms. The number of benzene rings is 1. The van der Waals surface area contributed by atoms with Crippen LogP contribution < -0.4 is 5.56 Å². The van der Waals surface area contributed by atoms with Gasteiger partial charge in [0.05, 0.1) is 17.6 Å². The molecule has 2 aromatic heterocycles. The lowest BCUT2D eigenvalue weighted by Gasteiger charge is -2.15. The predicted molar refractivity (Wildman–Crippen MR) is 108 cm³/mol. The molecule has 0 unspecified atom stereocenters. The first-order chi connectivity index (χ1) is 13.1. The molecule has 2 heterocycles. The van der Waals surface area contributed by atoms with Crippen molar-refractivity contribution in [3.05, 3.63) is 39.4 Å². The van der Waals surface area contributed by atoms with Crippen LogP contribution in [0, 0.1) is 10.7 Å². The molecule has 4 rings (SSSR count). The molecular weight excluding hydrogens is 362 g/mol. The lowest BCUT2D eigenvalue weighted by molar-refractivity contribution is 0.190. The van der Waals surface area contributed by atoms with Crippen molar-refractivity contribution in [1.29, 1.82) is 0 Å². The molecule has 0 aliphatic heterocycles. The van der Waals surface area contributed by atoms with Crippen LogP contribution in [0.5, 0.6) is 0 Å². The number of hydrogen-bond acceptors (Lipinski definition) is 5. The van der Waals surface area contributed by atoms with Gasteiger partial charge in [-0.25, -0.2) is 4.68 Å². The lowest BCUT2D eigenvalue weighted by atomic mass is 10.2. The van der Waals surface area contributed by atoms with Crippen LogP contribution in [0.25, 0.3) is 16.7 Å². The van der Waals surface area contributed by atoms with Crippen molar-refractivity contribution >= 4 is 28.9 Å². The normalized spacial score (nSPS) is 14.6. The van der Waals surface area contributed by atoms with E-state index in [1.165, 1.54) is 12.8 Å². The average molecular weight is 388 g/mol. The third-order valence-corrected chi connectivity index (χ3v) is 5.45. The van der Waals surface area contributed by atoms with Gasteiger partial charge in [0.25, 0.3) is 5.56 Å². The maximum Gasteiger partial charge on any atom is 0.262 e.